The maximum absolute atomic E-state index is 9.25. The van der Waals surface area contributed by atoms with Crippen LogP contribution in [0.2, 0.25) is 0 Å². The zero-order chi connectivity index (χ0) is 36.7. The van der Waals surface area contributed by atoms with Gasteiger partial charge in [0.15, 0.2) is 0 Å². The molecule has 0 radical (unpaired) electrons. The Bertz CT molecular complexity index is 2200. The first-order valence-corrected chi connectivity index (χ1v) is 28.7. The second-order valence-electron chi connectivity index (χ2n) is 14.1. The van der Waals surface area contributed by atoms with Crippen LogP contribution in [0.1, 0.15) is 38.9 Å². The molecule has 0 N–H and O–H groups in total. The van der Waals surface area contributed by atoms with Crippen LogP contribution in [0.4, 0.5) is 11.4 Å². The molecule has 0 saturated carbocycles. The fourth-order valence-electron chi connectivity index (χ4n) is 8.49. The summed E-state index contributed by atoms with van der Waals surface area (Å²) in [5.41, 5.74) is 7.34. The van der Waals surface area contributed by atoms with Gasteiger partial charge in [-0.1, -0.05) is 0 Å². The third-order valence-electron chi connectivity index (χ3n) is 10.2. The summed E-state index contributed by atoms with van der Waals surface area (Å²) in [5.74, 6) is 0. The molecule has 6 heteroatoms. The zero-order valence-corrected chi connectivity index (χ0v) is 35.1. The van der Waals surface area contributed by atoms with Crippen LogP contribution in [0, 0.1) is 41.5 Å². The van der Waals surface area contributed by atoms with Crippen LogP contribution in [-0.4, -0.2) is 22.1 Å². The Kier molecular flexibility index (Phi) is 10.1. The molecule has 1 fully saturated rings. The van der Waals surface area contributed by atoms with Gasteiger partial charge in [-0.15, -0.1) is 0 Å². The number of halogens is 2. The van der Waals surface area contributed by atoms with E-state index in [1.54, 1.807) is 0 Å². The normalized spacial score (nSPS) is 14.6. The maximum atomic E-state index is 9.25. The third kappa shape index (κ3) is 6.05. The third-order valence-corrected chi connectivity index (χ3v) is 41.0. The number of benzene rings is 6. The minimum absolute atomic E-state index is 0.757. The summed E-state index contributed by atoms with van der Waals surface area (Å²) in [6.45, 7) is 14.8. The van der Waals surface area contributed by atoms with E-state index >= 15 is 0 Å². The van der Waals surface area contributed by atoms with Gasteiger partial charge in [-0.05, 0) is 0 Å². The average Bonchev–Trinajstić information content (AvgIpc) is 3.55. The molecule has 1 aliphatic rings. The molecular formula is C46H48Cl2N2PRu. The molecule has 2 nitrogen and oxygen atoms in total. The van der Waals surface area contributed by atoms with Gasteiger partial charge in [-0.3, -0.25) is 0 Å². The first-order valence-electron chi connectivity index (χ1n) is 17.8. The monoisotopic (exact) mass is 831 g/mol. The number of rotatable bonds is 7. The van der Waals surface area contributed by atoms with Gasteiger partial charge < -0.3 is 0 Å². The Morgan fingerprint density at radius 1 is 0.481 bits per heavy atom. The van der Waals surface area contributed by atoms with Crippen molar-refractivity contribution < 1.29 is 10.2 Å². The Morgan fingerprint density at radius 3 is 1.12 bits per heavy atom. The van der Waals surface area contributed by atoms with Crippen molar-refractivity contribution in [3.8, 4) is 0 Å². The molecule has 1 saturated heterocycles. The summed E-state index contributed by atoms with van der Waals surface area (Å²) in [6, 6.07) is 52.7. The molecule has 0 spiro atoms. The van der Waals surface area contributed by atoms with E-state index in [9.17, 15) is 19.4 Å². The van der Waals surface area contributed by atoms with Crippen molar-refractivity contribution in [1.29, 1.82) is 0 Å². The summed E-state index contributed by atoms with van der Waals surface area (Å²) in [6.07, 6.45) is 0. The molecule has 0 bridgehead atoms. The molecule has 0 amide bonds. The Hall–Kier alpha value is -3.71. The van der Waals surface area contributed by atoms with E-state index in [2.05, 4.69) is 202 Å². The number of aryl methyl sites for hydroxylation is 6. The summed E-state index contributed by atoms with van der Waals surface area (Å²) >= 11 is 0. The van der Waals surface area contributed by atoms with Crippen molar-refractivity contribution in [2.24, 2.45) is 0 Å². The molecule has 52 heavy (non-hydrogen) atoms. The predicted octanol–water partition coefficient (Wildman–Crippen LogP) is 10.4. The molecule has 7 rings (SSSR count). The number of nitrogens with zero attached hydrogens (tertiary/aromatic N) is 2. The van der Waals surface area contributed by atoms with E-state index < -0.39 is 15.8 Å². The van der Waals surface area contributed by atoms with Gasteiger partial charge in [0.05, 0.1) is 0 Å². The second-order valence-corrected chi connectivity index (χ2v) is 40.4. The quantitative estimate of drug-likeness (QED) is 0.117. The van der Waals surface area contributed by atoms with Crippen molar-refractivity contribution in [3.63, 3.8) is 0 Å². The Morgan fingerprint density at radius 2 is 0.788 bits per heavy atom. The van der Waals surface area contributed by atoms with Crippen molar-refractivity contribution >= 4 is 61.2 Å². The summed E-state index contributed by atoms with van der Waals surface area (Å²) in [7, 11) is 13.1. The molecule has 6 aromatic carbocycles. The average molecular weight is 832 g/mol. The van der Waals surface area contributed by atoms with E-state index in [0.29, 0.717) is 0 Å². The standard InChI is InChI=1S/C21H26N2.C18H15P.C7H6.2ClH.Ru/c1-14-9-16(3)20(17(4)10-14)22-7-8-23(13-22)21-18(5)11-15(2)12-19(21)6;1-4-10-16(11-5-1)19(17-12-6-2-7-13-17)18-14-8-3-9-15-18;1-7-5-3-2-4-6-7;;;/h9-12H,7-8H2,1-6H3;1-15H;1-6H;2*1H;/q;;;;;+1/p-1. The molecule has 0 aromatic heterocycles. The van der Waals surface area contributed by atoms with Gasteiger partial charge in [0, 0.05) is 0 Å². The van der Waals surface area contributed by atoms with Crippen LogP contribution in [0.15, 0.2) is 146 Å². The van der Waals surface area contributed by atoms with E-state index in [0.717, 1.165) is 23.0 Å². The molecule has 1 aliphatic heterocycles. The Labute approximate surface area is 318 Å². The predicted molar refractivity (Wildman–Crippen MR) is 231 cm³/mol. The van der Waals surface area contributed by atoms with E-state index in [1.807, 2.05) is 0 Å². The van der Waals surface area contributed by atoms with Crippen LogP contribution in [-0.2, 0) is 10.2 Å². The SMILES string of the molecule is Cc1cc(C)c(N2CCN(c3c(C)cc(C)cc3C)[C]2=[Ru]([Cl])([Cl])(=[CH]c2ccccc2)[PH](c2ccccc2)(c2ccccc2)c2ccccc2)c(C)c1. The zero-order valence-electron chi connectivity index (χ0n) is 30.9. The van der Waals surface area contributed by atoms with Crippen LogP contribution in [0.25, 0.3) is 0 Å². The molecule has 0 aliphatic carbocycles. The van der Waals surface area contributed by atoms with E-state index in [1.165, 1.54) is 60.7 Å². The number of hydrogen-bond acceptors (Lipinski definition) is 2. The van der Waals surface area contributed by atoms with Crippen LogP contribution < -0.4 is 25.7 Å². The van der Waals surface area contributed by atoms with Gasteiger partial charge in [-0.2, -0.15) is 0 Å². The van der Waals surface area contributed by atoms with Crippen molar-refractivity contribution in [2.75, 3.05) is 22.9 Å². The van der Waals surface area contributed by atoms with Gasteiger partial charge in [0.25, 0.3) is 0 Å². The molecule has 6 aromatic rings. The molecular weight excluding hydrogens is 783 g/mol. The van der Waals surface area contributed by atoms with Gasteiger partial charge in [0.2, 0.25) is 0 Å². The number of anilines is 2. The van der Waals surface area contributed by atoms with E-state index in [4.69, 9.17) is 0 Å². The van der Waals surface area contributed by atoms with Crippen molar-refractivity contribution in [3.05, 3.63) is 185 Å². The van der Waals surface area contributed by atoms with Crippen molar-refractivity contribution in [1.82, 2.24) is 0 Å². The van der Waals surface area contributed by atoms with Gasteiger partial charge >= 0.3 is 320 Å². The van der Waals surface area contributed by atoms with Crippen LogP contribution >= 0.6 is 25.0 Å². The summed E-state index contributed by atoms with van der Waals surface area (Å²) in [4.78, 5) is 5.06. The minimum atomic E-state index is -5.35. The van der Waals surface area contributed by atoms with Gasteiger partial charge in [0.1, 0.15) is 0 Å². The molecule has 269 valence electrons. The summed E-state index contributed by atoms with van der Waals surface area (Å²) in [5, 5.41) is 3.59. The summed E-state index contributed by atoms with van der Waals surface area (Å²) < 4.78 is 3.40. The van der Waals surface area contributed by atoms with Crippen LogP contribution in [0.3, 0.4) is 0 Å². The van der Waals surface area contributed by atoms with Crippen LogP contribution in [0.5, 0.6) is 0 Å². The fourth-order valence-corrected chi connectivity index (χ4v) is 43.6. The molecule has 1 heterocycles. The fraction of sp³-hybridized carbons (Fsp3) is 0.174. The topological polar surface area (TPSA) is 6.48 Å². The Balaban J connectivity index is 1.83. The van der Waals surface area contributed by atoms with Gasteiger partial charge in [-0.25, -0.2) is 0 Å². The molecule has 0 atom stereocenters. The molecule has 0 unspecified atom stereocenters. The second kappa shape index (κ2) is 14.3. The van der Waals surface area contributed by atoms with Crippen molar-refractivity contribution in [2.45, 2.75) is 41.5 Å². The first kappa shape index (κ1) is 36.6. The first-order chi connectivity index (χ1) is 24.9. The van der Waals surface area contributed by atoms with E-state index in [-0.39, 0.29) is 0 Å². The number of hydrogen-bond donors (Lipinski definition) is 0.